The molecule has 0 bridgehead atoms. The third-order valence-electron chi connectivity index (χ3n) is 11.0. The number of hydrogen-bond acceptors (Lipinski definition) is 0. The third-order valence-corrected chi connectivity index (χ3v) is 11.0. The van der Waals surface area contributed by atoms with Crippen molar-refractivity contribution < 1.29 is 0 Å². The summed E-state index contributed by atoms with van der Waals surface area (Å²) in [6.45, 7) is 0. The first-order chi connectivity index (χ1) is 25.3. The summed E-state index contributed by atoms with van der Waals surface area (Å²) in [6, 6.07) is 66.8. The highest BCUT2D eigenvalue weighted by Gasteiger charge is 2.23. The molecule has 0 saturated heterocycles. The predicted octanol–water partition coefficient (Wildman–Crippen LogP) is 12.8. The molecule has 238 valence electrons. The molecule has 0 aliphatic heterocycles. The van der Waals surface area contributed by atoms with Crippen LogP contribution in [0.2, 0.25) is 0 Å². The van der Waals surface area contributed by atoms with Gasteiger partial charge in [-0.1, -0.05) is 133 Å². The lowest BCUT2D eigenvalue weighted by Gasteiger charge is -2.14. The van der Waals surface area contributed by atoms with E-state index in [2.05, 4.69) is 191 Å². The van der Waals surface area contributed by atoms with Crippen molar-refractivity contribution in [2.24, 2.45) is 0 Å². The predicted molar refractivity (Wildman–Crippen MR) is 214 cm³/mol. The van der Waals surface area contributed by atoms with Crippen LogP contribution in [0, 0.1) is 0 Å². The van der Waals surface area contributed by atoms with Crippen molar-refractivity contribution in [1.29, 1.82) is 0 Å². The fourth-order valence-corrected chi connectivity index (χ4v) is 8.62. The highest BCUT2D eigenvalue weighted by atomic mass is 15.0. The minimum atomic E-state index is 0.949. The van der Waals surface area contributed by atoms with Crippen molar-refractivity contribution in [1.82, 2.24) is 9.13 Å². The zero-order valence-corrected chi connectivity index (χ0v) is 27.9. The average Bonchev–Trinajstić information content (AvgIpc) is 3.86. The van der Waals surface area contributed by atoms with Gasteiger partial charge in [0, 0.05) is 33.7 Å². The highest BCUT2D eigenvalue weighted by molar-refractivity contribution is 6.12. The normalized spacial score (nSPS) is 12.2. The molecular weight excluding hydrogens is 617 g/mol. The molecule has 2 heteroatoms. The van der Waals surface area contributed by atoms with Crippen molar-refractivity contribution in [3.8, 4) is 44.8 Å². The van der Waals surface area contributed by atoms with Crippen molar-refractivity contribution in [3.05, 3.63) is 193 Å². The quantitative estimate of drug-likeness (QED) is 0.180. The van der Waals surface area contributed by atoms with Crippen molar-refractivity contribution >= 4 is 43.6 Å². The van der Waals surface area contributed by atoms with E-state index in [-0.39, 0.29) is 0 Å². The van der Waals surface area contributed by atoms with E-state index in [0.29, 0.717) is 0 Å². The molecule has 0 amide bonds. The summed E-state index contributed by atoms with van der Waals surface area (Å²) in [4.78, 5) is 0. The fraction of sp³-hybridized carbons (Fsp3) is 0.0204. The topological polar surface area (TPSA) is 9.86 Å². The maximum atomic E-state index is 2.50. The maximum absolute atomic E-state index is 2.50. The van der Waals surface area contributed by atoms with Crippen molar-refractivity contribution in [2.45, 2.75) is 6.42 Å². The van der Waals surface area contributed by atoms with Gasteiger partial charge in [-0.3, -0.25) is 0 Å². The lowest BCUT2D eigenvalue weighted by Crippen LogP contribution is -1.99. The summed E-state index contributed by atoms with van der Waals surface area (Å²) in [7, 11) is 0. The lowest BCUT2D eigenvalue weighted by atomic mass is 10.0. The van der Waals surface area contributed by atoms with E-state index < -0.39 is 0 Å². The SMILES string of the molecule is c1ccc(-c2ccc(-n3c4ccccc4c4cc(-c5ccc6c7ccccc7n(-c7cccc8c7Cc7ccccc7-8)c6c5)ccc43)cc2)cc1. The van der Waals surface area contributed by atoms with Crippen LogP contribution < -0.4 is 0 Å². The van der Waals surface area contributed by atoms with Crippen LogP contribution in [0.3, 0.4) is 0 Å². The Hall–Kier alpha value is -6.64. The van der Waals surface area contributed by atoms with Gasteiger partial charge in [0.2, 0.25) is 0 Å². The molecule has 10 aromatic rings. The molecule has 51 heavy (non-hydrogen) atoms. The first-order valence-corrected chi connectivity index (χ1v) is 17.7. The second-order valence-corrected chi connectivity index (χ2v) is 13.7. The van der Waals surface area contributed by atoms with Crippen molar-refractivity contribution in [2.75, 3.05) is 0 Å². The molecule has 1 aliphatic rings. The van der Waals surface area contributed by atoms with E-state index in [1.54, 1.807) is 0 Å². The van der Waals surface area contributed by atoms with E-state index >= 15 is 0 Å². The Morgan fingerprint density at radius 3 is 1.76 bits per heavy atom. The smallest absolute Gasteiger partial charge is 0.0547 e. The Morgan fingerprint density at radius 1 is 0.333 bits per heavy atom. The van der Waals surface area contributed by atoms with Gasteiger partial charge in [0.25, 0.3) is 0 Å². The first-order valence-electron chi connectivity index (χ1n) is 17.7. The largest absolute Gasteiger partial charge is 0.309 e. The molecule has 2 aromatic heterocycles. The second kappa shape index (κ2) is 10.9. The lowest BCUT2D eigenvalue weighted by molar-refractivity contribution is 1.12. The molecule has 2 heterocycles. The van der Waals surface area contributed by atoms with E-state index in [9.17, 15) is 0 Å². The fourth-order valence-electron chi connectivity index (χ4n) is 8.62. The highest BCUT2D eigenvalue weighted by Crippen LogP contribution is 2.43. The van der Waals surface area contributed by atoms with Crippen LogP contribution in [0.25, 0.3) is 88.4 Å². The Kier molecular flexibility index (Phi) is 6.05. The Labute approximate surface area is 296 Å². The molecule has 1 aliphatic carbocycles. The third kappa shape index (κ3) is 4.23. The van der Waals surface area contributed by atoms with Crippen molar-refractivity contribution in [3.63, 3.8) is 0 Å². The molecular formula is C49H32N2. The number of para-hydroxylation sites is 2. The zero-order valence-electron chi connectivity index (χ0n) is 27.9. The number of hydrogen-bond donors (Lipinski definition) is 0. The summed E-state index contributed by atoms with van der Waals surface area (Å²) in [5, 5.41) is 5.08. The summed E-state index contributed by atoms with van der Waals surface area (Å²) in [5.74, 6) is 0. The molecule has 2 nitrogen and oxygen atoms in total. The first kappa shape index (κ1) is 28.2. The number of aromatic nitrogens is 2. The van der Waals surface area contributed by atoms with Crippen LogP contribution in [0.1, 0.15) is 11.1 Å². The van der Waals surface area contributed by atoms with E-state index in [1.165, 1.54) is 93.8 Å². The van der Waals surface area contributed by atoms with E-state index in [4.69, 9.17) is 0 Å². The Bertz CT molecular complexity index is 2980. The molecule has 0 saturated carbocycles. The van der Waals surface area contributed by atoms with Gasteiger partial charge in [-0.2, -0.15) is 0 Å². The summed E-state index contributed by atoms with van der Waals surface area (Å²) in [6.07, 6.45) is 0.949. The minimum Gasteiger partial charge on any atom is -0.309 e. The van der Waals surface area contributed by atoms with Gasteiger partial charge in [-0.25, -0.2) is 0 Å². The van der Waals surface area contributed by atoms with Gasteiger partial charge in [0.1, 0.15) is 0 Å². The van der Waals surface area contributed by atoms with E-state index in [1.807, 2.05) is 0 Å². The molecule has 0 atom stereocenters. The van der Waals surface area contributed by atoms with Gasteiger partial charge in [-0.05, 0) is 93.0 Å². The van der Waals surface area contributed by atoms with Gasteiger partial charge in [0.15, 0.2) is 0 Å². The second-order valence-electron chi connectivity index (χ2n) is 13.7. The molecule has 0 N–H and O–H groups in total. The van der Waals surface area contributed by atoms with Gasteiger partial charge in [-0.15, -0.1) is 0 Å². The average molecular weight is 649 g/mol. The van der Waals surface area contributed by atoms with Crippen LogP contribution in [0.4, 0.5) is 0 Å². The number of benzene rings is 8. The monoisotopic (exact) mass is 648 g/mol. The molecule has 0 unspecified atom stereocenters. The Morgan fingerprint density at radius 2 is 0.922 bits per heavy atom. The van der Waals surface area contributed by atoms with Gasteiger partial charge < -0.3 is 9.13 Å². The van der Waals surface area contributed by atoms with Gasteiger partial charge >= 0.3 is 0 Å². The van der Waals surface area contributed by atoms with Crippen LogP contribution in [-0.4, -0.2) is 9.13 Å². The summed E-state index contributed by atoms with van der Waals surface area (Å²) in [5.41, 5.74) is 17.7. The number of nitrogens with zero attached hydrogens (tertiary/aromatic N) is 2. The molecule has 11 rings (SSSR count). The zero-order chi connectivity index (χ0) is 33.5. The van der Waals surface area contributed by atoms with Crippen LogP contribution >= 0.6 is 0 Å². The molecule has 0 fully saturated rings. The van der Waals surface area contributed by atoms with Crippen LogP contribution in [-0.2, 0) is 6.42 Å². The summed E-state index contributed by atoms with van der Waals surface area (Å²) < 4.78 is 4.90. The standard InChI is InChI=1S/C49H32N2/c1-2-11-32(12-3-1)33-21-25-37(26-22-33)50-45-18-8-7-16-41(45)44-29-34(24-28-48(44)50)35-23-27-42-40-15-6-9-19-46(40)51(49(42)31-35)47-20-10-17-39-38-14-5-4-13-36(38)30-43(39)47/h1-29,31H,30H2. The van der Waals surface area contributed by atoms with Gasteiger partial charge in [0.05, 0.1) is 27.8 Å². The Balaban J connectivity index is 1.08. The van der Waals surface area contributed by atoms with Crippen LogP contribution in [0.15, 0.2) is 182 Å². The minimum absolute atomic E-state index is 0.949. The van der Waals surface area contributed by atoms with E-state index in [0.717, 1.165) is 12.1 Å². The summed E-state index contributed by atoms with van der Waals surface area (Å²) >= 11 is 0. The maximum Gasteiger partial charge on any atom is 0.0547 e. The molecule has 0 radical (unpaired) electrons. The number of rotatable bonds is 4. The van der Waals surface area contributed by atoms with Crippen LogP contribution in [0.5, 0.6) is 0 Å². The molecule has 0 spiro atoms. The molecule has 8 aromatic carbocycles. The number of fused-ring (bicyclic) bond motifs is 9.